The Morgan fingerprint density at radius 3 is 2.75 bits per heavy atom. The fraction of sp³-hybridized carbons (Fsp3) is 0.286. The number of carbonyl (C=O) groups is 1. The second kappa shape index (κ2) is 5.63. The molecule has 6 heteroatoms. The second-order valence-electron chi connectivity index (χ2n) is 4.69. The average Bonchev–Trinajstić information content (AvgIpc) is 2.73. The first-order chi connectivity index (χ1) is 9.38. The number of aromatic nitrogens is 2. The number of amides is 1. The largest absolute Gasteiger partial charge is 0.322 e. The molecular formula is C14H15ClFN3O. The van der Waals surface area contributed by atoms with Crippen LogP contribution in [0, 0.1) is 19.7 Å². The maximum Gasteiger partial charge on any atom is 0.249 e. The highest BCUT2D eigenvalue weighted by atomic mass is 35.5. The lowest BCUT2D eigenvalue weighted by atomic mass is 10.2. The third kappa shape index (κ3) is 2.99. The van der Waals surface area contributed by atoms with Crippen LogP contribution in [0.4, 0.5) is 10.1 Å². The third-order valence-electron chi connectivity index (χ3n) is 3.01. The summed E-state index contributed by atoms with van der Waals surface area (Å²) in [5, 5.41) is 7.20. The summed E-state index contributed by atoms with van der Waals surface area (Å²) in [5.74, 6) is -0.820. The Hall–Kier alpha value is -1.88. The molecule has 20 heavy (non-hydrogen) atoms. The average molecular weight is 296 g/mol. The zero-order chi connectivity index (χ0) is 14.9. The van der Waals surface area contributed by atoms with E-state index in [2.05, 4.69) is 10.4 Å². The van der Waals surface area contributed by atoms with E-state index < -0.39 is 11.9 Å². The van der Waals surface area contributed by atoms with Gasteiger partial charge in [0.2, 0.25) is 5.91 Å². The summed E-state index contributed by atoms with van der Waals surface area (Å²) < 4.78 is 15.1. The lowest BCUT2D eigenvalue weighted by Gasteiger charge is -2.13. The summed E-state index contributed by atoms with van der Waals surface area (Å²) in [7, 11) is 0. The van der Waals surface area contributed by atoms with Crippen molar-refractivity contribution in [1.82, 2.24) is 9.78 Å². The Morgan fingerprint density at radius 2 is 2.15 bits per heavy atom. The molecule has 1 aromatic heterocycles. The topological polar surface area (TPSA) is 46.9 Å². The molecular weight excluding hydrogens is 281 g/mol. The smallest absolute Gasteiger partial charge is 0.249 e. The highest BCUT2D eigenvalue weighted by Gasteiger charge is 2.18. The van der Waals surface area contributed by atoms with Gasteiger partial charge < -0.3 is 5.32 Å². The van der Waals surface area contributed by atoms with Crippen molar-refractivity contribution < 1.29 is 9.18 Å². The fourth-order valence-corrected chi connectivity index (χ4v) is 1.89. The first-order valence-electron chi connectivity index (χ1n) is 6.16. The highest BCUT2D eigenvalue weighted by molar-refractivity contribution is 6.31. The predicted octanol–water partition coefficient (Wildman–Crippen LogP) is 3.49. The molecule has 1 unspecified atom stereocenters. The van der Waals surface area contributed by atoms with Crippen LogP contribution in [-0.2, 0) is 4.79 Å². The molecule has 0 aliphatic heterocycles. The monoisotopic (exact) mass is 295 g/mol. The van der Waals surface area contributed by atoms with Crippen molar-refractivity contribution in [3.05, 3.63) is 46.5 Å². The maximum absolute atomic E-state index is 13.6. The highest BCUT2D eigenvalue weighted by Crippen LogP contribution is 2.19. The number of benzene rings is 1. The van der Waals surface area contributed by atoms with E-state index in [1.165, 1.54) is 10.7 Å². The van der Waals surface area contributed by atoms with Crippen LogP contribution in [0.5, 0.6) is 0 Å². The van der Waals surface area contributed by atoms with E-state index in [1.54, 1.807) is 32.2 Å². The van der Waals surface area contributed by atoms with E-state index in [0.717, 1.165) is 5.56 Å². The van der Waals surface area contributed by atoms with Crippen LogP contribution in [0.1, 0.15) is 24.2 Å². The summed E-state index contributed by atoms with van der Waals surface area (Å²) in [6.07, 6.45) is 1.58. The Kier molecular flexibility index (Phi) is 4.09. The van der Waals surface area contributed by atoms with Crippen molar-refractivity contribution >= 4 is 23.2 Å². The molecule has 4 nitrogen and oxygen atoms in total. The molecule has 0 aliphatic carbocycles. The van der Waals surface area contributed by atoms with Crippen LogP contribution in [-0.4, -0.2) is 15.7 Å². The van der Waals surface area contributed by atoms with E-state index in [4.69, 9.17) is 11.6 Å². The molecule has 2 aromatic rings. The predicted molar refractivity (Wildman–Crippen MR) is 76.5 cm³/mol. The molecule has 0 fully saturated rings. The van der Waals surface area contributed by atoms with Gasteiger partial charge in [0.15, 0.2) is 0 Å². The van der Waals surface area contributed by atoms with Gasteiger partial charge in [0.25, 0.3) is 0 Å². The number of carbonyl (C=O) groups excluding carboxylic acids is 1. The number of nitrogens with zero attached hydrogens (tertiary/aromatic N) is 2. The van der Waals surface area contributed by atoms with Gasteiger partial charge in [-0.15, -0.1) is 0 Å². The van der Waals surface area contributed by atoms with Crippen LogP contribution in [0.15, 0.2) is 24.4 Å². The zero-order valence-electron chi connectivity index (χ0n) is 11.4. The Balaban J connectivity index is 2.17. The second-order valence-corrected chi connectivity index (χ2v) is 5.10. The molecule has 0 saturated carbocycles. The molecule has 0 radical (unpaired) electrons. The summed E-state index contributed by atoms with van der Waals surface area (Å²) >= 11 is 5.91. The summed E-state index contributed by atoms with van der Waals surface area (Å²) in [5.41, 5.74) is 1.68. The standard InChI is InChI=1S/C14H15ClFN3O/c1-8-4-5-12(16)13(6-8)17-14(20)10(3)19-7-11(15)9(2)18-19/h4-7,10H,1-3H3,(H,17,20). The van der Waals surface area contributed by atoms with Crippen molar-refractivity contribution in [2.24, 2.45) is 0 Å². The van der Waals surface area contributed by atoms with Gasteiger partial charge in [-0.3, -0.25) is 9.48 Å². The number of hydrogen-bond donors (Lipinski definition) is 1. The molecule has 1 amide bonds. The fourth-order valence-electron chi connectivity index (χ4n) is 1.75. The van der Waals surface area contributed by atoms with Crippen molar-refractivity contribution in [2.45, 2.75) is 26.8 Å². The van der Waals surface area contributed by atoms with Gasteiger partial charge in [0, 0.05) is 6.20 Å². The third-order valence-corrected chi connectivity index (χ3v) is 3.38. The van der Waals surface area contributed by atoms with Crippen LogP contribution < -0.4 is 5.32 Å². The minimum Gasteiger partial charge on any atom is -0.322 e. The summed E-state index contributed by atoms with van der Waals surface area (Å²) in [4.78, 5) is 12.1. The first kappa shape index (κ1) is 14.5. The summed E-state index contributed by atoms with van der Waals surface area (Å²) in [6.45, 7) is 5.25. The molecule has 106 valence electrons. The molecule has 0 saturated heterocycles. The van der Waals surface area contributed by atoms with Gasteiger partial charge in [-0.1, -0.05) is 17.7 Å². The van der Waals surface area contributed by atoms with Crippen molar-refractivity contribution in [1.29, 1.82) is 0 Å². The van der Waals surface area contributed by atoms with Gasteiger partial charge >= 0.3 is 0 Å². The van der Waals surface area contributed by atoms with Crippen LogP contribution in [0.3, 0.4) is 0 Å². The molecule has 0 bridgehead atoms. The number of anilines is 1. The normalized spacial score (nSPS) is 12.2. The first-order valence-corrected chi connectivity index (χ1v) is 6.54. The van der Waals surface area contributed by atoms with E-state index in [9.17, 15) is 9.18 Å². The quantitative estimate of drug-likeness (QED) is 0.942. The molecule has 0 spiro atoms. The van der Waals surface area contributed by atoms with Crippen LogP contribution >= 0.6 is 11.6 Å². The minimum absolute atomic E-state index is 0.164. The Morgan fingerprint density at radius 1 is 1.45 bits per heavy atom. The number of hydrogen-bond acceptors (Lipinski definition) is 2. The van der Waals surface area contributed by atoms with Gasteiger partial charge in [-0.2, -0.15) is 5.10 Å². The zero-order valence-corrected chi connectivity index (χ0v) is 12.2. The molecule has 1 N–H and O–H groups in total. The SMILES string of the molecule is Cc1ccc(F)c(NC(=O)C(C)n2cc(Cl)c(C)n2)c1. The number of nitrogens with one attached hydrogen (secondary N) is 1. The van der Waals surface area contributed by atoms with Crippen molar-refractivity contribution in [2.75, 3.05) is 5.32 Å². The number of halogens is 2. The minimum atomic E-state index is -0.582. The summed E-state index contributed by atoms with van der Waals surface area (Å²) in [6, 6.07) is 3.97. The van der Waals surface area contributed by atoms with Gasteiger partial charge in [-0.05, 0) is 38.5 Å². The van der Waals surface area contributed by atoms with Crippen molar-refractivity contribution in [3.8, 4) is 0 Å². The molecule has 2 rings (SSSR count). The van der Waals surface area contributed by atoms with Crippen LogP contribution in [0.2, 0.25) is 5.02 Å². The number of aryl methyl sites for hydroxylation is 2. The van der Waals surface area contributed by atoms with E-state index in [1.807, 2.05) is 6.92 Å². The van der Waals surface area contributed by atoms with E-state index in [0.29, 0.717) is 10.7 Å². The lowest BCUT2D eigenvalue weighted by molar-refractivity contribution is -0.119. The van der Waals surface area contributed by atoms with Crippen LogP contribution in [0.25, 0.3) is 0 Å². The molecule has 1 heterocycles. The molecule has 1 atom stereocenters. The Bertz CT molecular complexity index is 634. The van der Waals surface area contributed by atoms with Gasteiger partial charge in [0.05, 0.1) is 16.4 Å². The van der Waals surface area contributed by atoms with Gasteiger partial charge in [0.1, 0.15) is 11.9 Å². The maximum atomic E-state index is 13.6. The van der Waals surface area contributed by atoms with E-state index in [-0.39, 0.29) is 11.6 Å². The number of rotatable bonds is 3. The molecule has 1 aromatic carbocycles. The lowest BCUT2D eigenvalue weighted by Crippen LogP contribution is -2.24. The Labute approximate surface area is 121 Å². The van der Waals surface area contributed by atoms with Gasteiger partial charge in [-0.25, -0.2) is 4.39 Å². The van der Waals surface area contributed by atoms with E-state index >= 15 is 0 Å². The van der Waals surface area contributed by atoms with Crippen molar-refractivity contribution in [3.63, 3.8) is 0 Å². The molecule has 0 aliphatic rings.